The van der Waals surface area contributed by atoms with E-state index < -0.39 is 10.9 Å². The minimum atomic E-state index is -0.635. The Morgan fingerprint density at radius 1 is 1.29 bits per heavy atom. The third-order valence-corrected chi connectivity index (χ3v) is 2.66. The molecule has 108 valence electrons. The quantitative estimate of drug-likeness (QED) is 0.364. The molecule has 21 heavy (non-hydrogen) atoms. The van der Waals surface area contributed by atoms with Crippen molar-refractivity contribution < 1.29 is 18.9 Å². The van der Waals surface area contributed by atoms with E-state index in [4.69, 9.17) is 9.15 Å². The van der Waals surface area contributed by atoms with Gasteiger partial charge in [0.15, 0.2) is 0 Å². The van der Waals surface area contributed by atoms with Gasteiger partial charge >= 0.3 is 11.9 Å². The number of ether oxygens (including phenoxy) is 1. The zero-order valence-corrected chi connectivity index (χ0v) is 11.3. The second-order valence-corrected chi connectivity index (χ2v) is 4.08. The first-order chi connectivity index (χ1) is 10.1. The van der Waals surface area contributed by atoms with Gasteiger partial charge in [-0.15, -0.1) is 0 Å². The Morgan fingerprint density at radius 3 is 2.57 bits per heavy atom. The van der Waals surface area contributed by atoms with Gasteiger partial charge < -0.3 is 9.15 Å². The maximum absolute atomic E-state index is 12.0. The van der Waals surface area contributed by atoms with Crippen molar-refractivity contribution in [2.75, 3.05) is 6.61 Å². The van der Waals surface area contributed by atoms with Crippen LogP contribution in [0, 0.1) is 10.1 Å². The number of hydrogen-bond acceptors (Lipinski definition) is 5. The Hall–Kier alpha value is -2.89. The summed E-state index contributed by atoms with van der Waals surface area (Å²) in [5.74, 6) is -0.672. The van der Waals surface area contributed by atoms with Crippen LogP contribution < -0.4 is 0 Å². The van der Waals surface area contributed by atoms with Crippen LogP contribution in [0.5, 0.6) is 0 Å². The second-order valence-electron chi connectivity index (χ2n) is 4.08. The Balaban J connectivity index is 2.40. The average Bonchev–Trinajstić information content (AvgIpc) is 2.95. The number of carbonyl (C=O) groups excluding carboxylic acids is 1. The molecule has 0 fully saturated rings. The lowest BCUT2D eigenvalue weighted by molar-refractivity contribution is -0.402. The third kappa shape index (κ3) is 3.56. The standard InChI is InChI=1S/C15H13NO5/c1-2-20-15(17)13(11-6-4-3-5-7-11)10-12-8-9-14(21-12)16(18)19/h3-10H,2H2,1H3/b13-10+. The van der Waals surface area contributed by atoms with E-state index in [0.29, 0.717) is 5.56 Å². The van der Waals surface area contributed by atoms with Crippen molar-refractivity contribution in [1.29, 1.82) is 0 Å². The molecule has 6 heteroatoms. The molecular formula is C15H13NO5. The van der Waals surface area contributed by atoms with Crippen molar-refractivity contribution in [1.82, 2.24) is 0 Å². The van der Waals surface area contributed by atoms with E-state index in [1.165, 1.54) is 18.2 Å². The molecule has 0 N–H and O–H groups in total. The predicted octanol–water partition coefficient (Wildman–Crippen LogP) is 3.29. The van der Waals surface area contributed by atoms with Gasteiger partial charge in [-0.05, 0) is 24.6 Å². The molecule has 2 rings (SSSR count). The summed E-state index contributed by atoms with van der Waals surface area (Å²) in [4.78, 5) is 22.0. The van der Waals surface area contributed by atoms with Gasteiger partial charge in [0.2, 0.25) is 0 Å². The van der Waals surface area contributed by atoms with Crippen molar-refractivity contribution in [3.05, 3.63) is 63.9 Å². The van der Waals surface area contributed by atoms with E-state index in [9.17, 15) is 14.9 Å². The first kappa shape index (κ1) is 14.5. The van der Waals surface area contributed by atoms with Gasteiger partial charge in [0.25, 0.3) is 0 Å². The maximum Gasteiger partial charge on any atom is 0.433 e. The van der Waals surface area contributed by atoms with Gasteiger partial charge in [-0.25, -0.2) is 4.79 Å². The summed E-state index contributed by atoms with van der Waals surface area (Å²) in [5.41, 5.74) is 0.928. The van der Waals surface area contributed by atoms with E-state index in [2.05, 4.69) is 0 Å². The molecule has 0 radical (unpaired) electrons. The molecule has 1 aromatic heterocycles. The Kier molecular flexibility index (Phi) is 4.50. The van der Waals surface area contributed by atoms with Crippen LogP contribution in [0.25, 0.3) is 11.6 Å². The fourth-order valence-corrected chi connectivity index (χ4v) is 1.75. The fourth-order valence-electron chi connectivity index (χ4n) is 1.75. The number of rotatable bonds is 5. The summed E-state index contributed by atoms with van der Waals surface area (Å²) in [7, 11) is 0. The first-order valence-corrected chi connectivity index (χ1v) is 6.30. The highest BCUT2D eigenvalue weighted by Gasteiger charge is 2.16. The molecule has 2 aromatic rings. The van der Waals surface area contributed by atoms with Crippen LogP contribution in [0.4, 0.5) is 5.88 Å². The monoisotopic (exact) mass is 287 g/mol. The maximum atomic E-state index is 12.0. The van der Waals surface area contributed by atoms with Gasteiger partial charge in [-0.2, -0.15) is 0 Å². The van der Waals surface area contributed by atoms with Crippen molar-refractivity contribution >= 4 is 23.5 Å². The molecular weight excluding hydrogens is 274 g/mol. The number of nitrogens with zero attached hydrogens (tertiary/aromatic N) is 1. The van der Waals surface area contributed by atoms with Gasteiger partial charge in [0.05, 0.1) is 18.2 Å². The normalized spacial score (nSPS) is 11.2. The van der Waals surface area contributed by atoms with Gasteiger partial charge in [-0.3, -0.25) is 10.1 Å². The van der Waals surface area contributed by atoms with Crippen LogP contribution in [0.3, 0.4) is 0 Å². The highest BCUT2D eigenvalue weighted by Crippen LogP contribution is 2.23. The molecule has 0 amide bonds. The largest absolute Gasteiger partial charge is 0.462 e. The molecule has 1 aromatic carbocycles. The number of hydrogen-bond donors (Lipinski definition) is 0. The van der Waals surface area contributed by atoms with Gasteiger partial charge in [-0.1, -0.05) is 30.3 Å². The average molecular weight is 287 g/mol. The first-order valence-electron chi connectivity index (χ1n) is 6.30. The van der Waals surface area contributed by atoms with Crippen molar-refractivity contribution in [2.24, 2.45) is 0 Å². The molecule has 0 spiro atoms. The lowest BCUT2D eigenvalue weighted by atomic mass is 10.1. The van der Waals surface area contributed by atoms with E-state index >= 15 is 0 Å². The molecule has 0 unspecified atom stereocenters. The molecule has 0 saturated carbocycles. The smallest absolute Gasteiger partial charge is 0.433 e. The van der Waals surface area contributed by atoms with Crippen molar-refractivity contribution in [3.63, 3.8) is 0 Å². The Morgan fingerprint density at radius 2 is 2.00 bits per heavy atom. The summed E-state index contributed by atoms with van der Waals surface area (Å²) in [5, 5.41) is 10.6. The number of nitro groups is 1. The number of furan rings is 1. The van der Waals surface area contributed by atoms with Crippen LogP contribution in [-0.2, 0) is 9.53 Å². The summed E-state index contributed by atoms with van der Waals surface area (Å²) in [6, 6.07) is 11.6. The van der Waals surface area contributed by atoms with E-state index in [-0.39, 0.29) is 23.8 Å². The lowest BCUT2D eigenvalue weighted by Gasteiger charge is -2.06. The van der Waals surface area contributed by atoms with E-state index in [1.807, 2.05) is 6.07 Å². The summed E-state index contributed by atoms with van der Waals surface area (Å²) >= 11 is 0. The SMILES string of the molecule is CCOC(=O)/C(=C/c1ccc([N+](=O)[O-])o1)c1ccccc1. The number of benzene rings is 1. The highest BCUT2D eigenvalue weighted by molar-refractivity contribution is 6.21. The third-order valence-electron chi connectivity index (χ3n) is 2.66. The van der Waals surface area contributed by atoms with Gasteiger partial charge in [0.1, 0.15) is 10.7 Å². The molecule has 0 atom stereocenters. The van der Waals surface area contributed by atoms with Crippen LogP contribution in [0.1, 0.15) is 18.2 Å². The van der Waals surface area contributed by atoms with Crippen LogP contribution >= 0.6 is 0 Å². The summed E-state index contributed by atoms with van der Waals surface area (Å²) in [6.45, 7) is 1.94. The highest BCUT2D eigenvalue weighted by atomic mass is 16.6. The molecule has 0 aliphatic heterocycles. The number of esters is 1. The summed E-state index contributed by atoms with van der Waals surface area (Å²) in [6.07, 6.45) is 1.43. The predicted molar refractivity (Wildman–Crippen MR) is 76.3 cm³/mol. The van der Waals surface area contributed by atoms with Crippen molar-refractivity contribution in [3.8, 4) is 0 Å². The van der Waals surface area contributed by atoms with Crippen molar-refractivity contribution in [2.45, 2.75) is 6.92 Å². The minimum Gasteiger partial charge on any atom is -0.462 e. The zero-order chi connectivity index (χ0) is 15.2. The molecule has 1 heterocycles. The topological polar surface area (TPSA) is 82.6 Å². The Bertz CT molecular complexity index is 672. The second kappa shape index (κ2) is 6.51. The van der Waals surface area contributed by atoms with Crippen LogP contribution in [0.15, 0.2) is 46.9 Å². The van der Waals surface area contributed by atoms with E-state index in [0.717, 1.165) is 0 Å². The minimum absolute atomic E-state index is 0.216. The van der Waals surface area contributed by atoms with Crippen LogP contribution in [-0.4, -0.2) is 17.5 Å². The zero-order valence-electron chi connectivity index (χ0n) is 11.3. The van der Waals surface area contributed by atoms with E-state index in [1.54, 1.807) is 31.2 Å². The van der Waals surface area contributed by atoms with Crippen LogP contribution in [0.2, 0.25) is 0 Å². The molecule has 0 aliphatic carbocycles. The molecule has 6 nitrogen and oxygen atoms in total. The lowest BCUT2D eigenvalue weighted by Crippen LogP contribution is -2.06. The molecule has 0 aliphatic rings. The molecule has 0 bridgehead atoms. The fraction of sp³-hybridized carbons (Fsp3) is 0.133. The Labute approximate surface area is 120 Å². The summed E-state index contributed by atoms with van der Waals surface area (Å²) < 4.78 is 10.0. The number of carbonyl (C=O) groups is 1. The molecule has 0 saturated heterocycles. The van der Waals surface area contributed by atoms with Gasteiger partial charge in [0, 0.05) is 0 Å².